The molecule has 17 heavy (non-hydrogen) atoms. The van der Waals surface area contributed by atoms with Crippen LogP contribution in [0, 0.1) is 0 Å². The molecule has 0 spiro atoms. The van der Waals surface area contributed by atoms with Gasteiger partial charge >= 0.3 is 0 Å². The predicted octanol–water partition coefficient (Wildman–Crippen LogP) is 1.90. The number of fused-ring (bicyclic) bond motifs is 1. The molecule has 0 saturated carbocycles. The van der Waals surface area contributed by atoms with E-state index in [-0.39, 0.29) is 6.04 Å². The standard InChI is InChI=1S/C14H19NO2/c1-15-12(6-7-16)9-11-8-10-4-3-5-13(17-2)14(10)11/h3-5,7,11-12,15H,6,8-9H2,1-2H3. The highest BCUT2D eigenvalue weighted by atomic mass is 16.5. The lowest BCUT2D eigenvalue weighted by atomic mass is 9.73. The largest absolute Gasteiger partial charge is 0.496 e. The zero-order chi connectivity index (χ0) is 12.3. The van der Waals surface area contributed by atoms with Gasteiger partial charge in [0.1, 0.15) is 12.0 Å². The molecular weight excluding hydrogens is 214 g/mol. The Kier molecular flexibility index (Phi) is 3.79. The summed E-state index contributed by atoms with van der Waals surface area (Å²) < 4.78 is 5.39. The average Bonchev–Trinajstić information content (AvgIpc) is 2.33. The van der Waals surface area contributed by atoms with Gasteiger partial charge in [-0.2, -0.15) is 0 Å². The van der Waals surface area contributed by atoms with E-state index in [1.54, 1.807) is 7.11 Å². The van der Waals surface area contributed by atoms with E-state index in [0.29, 0.717) is 12.3 Å². The van der Waals surface area contributed by atoms with E-state index in [2.05, 4.69) is 11.4 Å². The van der Waals surface area contributed by atoms with Gasteiger partial charge in [0, 0.05) is 18.0 Å². The van der Waals surface area contributed by atoms with Crippen molar-refractivity contribution >= 4 is 6.29 Å². The molecule has 1 N–H and O–H groups in total. The van der Waals surface area contributed by atoms with E-state index in [0.717, 1.165) is 24.9 Å². The highest BCUT2D eigenvalue weighted by Gasteiger charge is 2.31. The van der Waals surface area contributed by atoms with Crippen molar-refractivity contribution in [3.05, 3.63) is 29.3 Å². The number of hydrogen-bond donors (Lipinski definition) is 1. The van der Waals surface area contributed by atoms with E-state index >= 15 is 0 Å². The normalized spacial score (nSPS) is 19.1. The second-order valence-corrected chi connectivity index (χ2v) is 4.56. The molecule has 1 aliphatic carbocycles. The SMILES string of the molecule is CNC(CC=O)CC1Cc2cccc(OC)c21. The van der Waals surface area contributed by atoms with Crippen LogP contribution in [0.15, 0.2) is 18.2 Å². The fraction of sp³-hybridized carbons (Fsp3) is 0.500. The summed E-state index contributed by atoms with van der Waals surface area (Å²) in [5.74, 6) is 1.51. The number of nitrogens with one attached hydrogen (secondary N) is 1. The molecule has 0 fully saturated rings. The molecule has 1 aromatic carbocycles. The zero-order valence-corrected chi connectivity index (χ0v) is 10.4. The summed E-state index contributed by atoms with van der Waals surface area (Å²) in [5, 5.41) is 3.20. The third-order valence-electron chi connectivity index (χ3n) is 3.61. The second kappa shape index (κ2) is 5.32. The Morgan fingerprint density at radius 2 is 2.41 bits per heavy atom. The summed E-state index contributed by atoms with van der Waals surface area (Å²) in [6, 6.07) is 6.48. The van der Waals surface area contributed by atoms with Crippen molar-refractivity contribution in [3.63, 3.8) is 0 Å². The minimum Gasteiger partial charge on any atom is -0.496 e. The summed E-state index contributed by atoms with van der Waals surface area (Å²) in [5.41, 5.74) is 2.72. The third kappa shape index (κ3) is 2.34. The first-order valence-electron chi connectivity index (χ1n) is 6.06. The van der Waals surface area contributed by atoms with Crippen molar-refractivity contribution in [3.8, 4) is 5.75 Å². The van der Waals surface area contributed by atoms with Crippen LogP contribution in [0.2, 0.25) is 0 Å². The number of carbonyl (C=O) groups is 1. The highest BCUT2D eigenvalue weighted by molar-refractivity contribution is 5.52. The lowest BCUT2D eigenvalue weighted by Crippen LogP contribution is -2.31. The Bertz CT molecular complexity index is 403. The molecule has 3 heteroatoms. The molecule has 0 saturated heterocycles. The Labute approximate surface area is 102 Å². The van der Waals surface area contributed by atoms with Gasteiger partial charge in [0.05, 0.1) is 7.11 Å². The minimum absolute atomic E-state index is 0.274. The maximum absolute atomic E-state index is 10.6. The molecule has 3 nitrogen and oxygen atoms in total. The van der Waals surface area contributed by atoms with Crippen LogP contribution >= 0.6 is 0 Å². The van der Waals surface area contributed by atoms with E-state index in [1.165, 1.54) is 11.1 Å². The Morgan fingerprint density at radius 1 is 1.59 bits per heavy atom. The van der Waals surface area contributed by atoms with Crippen LogP contribution < -0.4 is 10.1 Å². The van der Waals surface area contributed by atoms with Crippen molar-refractivity contribution in [2.75, 3.05) is 14.2 Å². The van der Waals surface area contributed by atoms with Gasteiger partial charge in [-0.05, 0) is 37.4 Å². The molecule has 2 unspecified atom stereocenters. The average molecular weight is 233 g/mol. The maximum Gasteiger partial charge on any atom is 0.122 e. The van der Waals surface area contributed by atoms with E-state index in [4.69, 9.17) is 4.74 Å². The quantitative estimate of drug-likeness (QED) is 0.763. The van der Waals surface area contributed by atoms with E-state index < -0.39 is 0 Å². The molecule has 0 amide bonds. The van der Waals surface area contributed by atoms with Crippen LogP contribution in [0.5, 0.6) is 5.75 Å². The van der Waals surface area contributed by atoms with Crippen LogP contribution in [0.3, 0.4) is 0 Å². The zero-order valence-electron chi connectivity index (χ0n) is 10.4. The molecule has 92 valence electrons. The van der Waals surface area contributed by atoms with Crippen LogP contribution in [0.25, 0.3) is 0 Å². The molecule has 0 aromatic heterocycles. The Hall–Kier alpha value is -1.35. The number of hydrogen-bond acceptors (Lipinski definition) is 3. The first-order chi connectivity index (χ1) is 8.30. The summed E-state index contributed by atoms with van der Waals surface area (Å²) in [6.07, 6.45) is 3.67. The van der Waals surface area contributed by atoms with Gasteiger partial charge in [-0.25, -0.2) is 0 Å². The van der Waals surface area contributed by atoms with Crippen LogP contribution in [-0.4, -0.2) is 26.5 Å². The van der Waals surface area contributed by atoms with Crippen molar-refractivity contribution in [1.29, 1.82) is 0 Å². The summed E-state index contributed by atoms with van der Waals surface area (Å²) in [6.45, 7) is 0. The monoisotopic (exact) mass is 233 g/mol. The number of rotatable bonds is 6. The van der Waals surface area contributed by atoms with Gasteiger partial charge in [-0.1, -0.05) is 12.1 Å². The fourth-order valence-corrected chi connectivity index (χ4v) is 2.64. The smallest absolute Gasteiger partial charge is 0.122 e. The Balaban J connectivity index is 2.08. The van der Waals surface area contributed by atoms with Crippen molar-refractivity contribution < 1.29 is 9.53 Å². The van der Waals surface area contributed by atoms with Crippen molar-refractivity contribution in [2.24, 2.45) is 0 Å². The van der Waals surface area contributed by atoms with Gasteiger partial charge < -0.3 is 14.8 Å². The van der Waals surface area contributed by atoms with E-state index in [1.807, 2.05) is 19.2 Å². The fourth-order valence-electron chi connectivity index (χ4n) is 2.64. The number of benzene rings is 1. The number of ether oxygens (including phenoxy) is 1. The second-order valence-electron chi connectivity index (χ2n) is 4.56. The summed E-state index contributed by atoms with van der Waals surface area (Å²) >= 11 is 0. The lowest BCUT2D eigenvalue weighted by Gasteiger charge is -2.34. The number of methoxy groups -OCH3 is 1. The first kappa shape index (κ1) is 12.1. The van der Waals surface area contributed by atoms with Gasteiger partial charge in [0.25, 0.3) is 0 Å². The molecule has 1 aromatic rings. The first-order valence-corrected chi connectivity index (χ1v) is 6.06. The number of aldehydes is 1. The maximum atomic E-state index is 10.6. The number of carbonyl (C=O) groups excluding carboxylic acids is 1. The topological polar surface area (TPSA) is 38.3 Å². The molecule has 0 radical (unpaired) electrons. The Morgan fingerprint density at radius 3 is 3.06 bits per heavy atom. The molecule has 1 aliphatic rings. The van der Waals surface area contributed by atoms with Gasteiger partial charge in [-0.3, -0.25) is 0 Å². The van der Waals surface area contributed by atoms with Crippen LogP contribution in [0.4, 0.5) is 0 Å². The van der Waals surface area contributed by atoms with Gasteiger partial charge in [-0.15, -0.1) is 0 Å². The van der Waals surface area contributed by atoms with Gasteiger partial charge in [0.15, 0.2) is 0 Å². The molecular formula is C14H19NO2. The predicted molar refractivity (Wildman–Crippen MR) is 67.6 cm³/mol. The lowest BCUT2D eigenvalue weighted by molar-refractivity contribution is -0.108. The van der Waals surface area contributed by atoms with Gasteiger partial charge in [0.2, 0.25) is 0 Å². The molecule has 0 aliphatic heterocycles. The van der Waals surface area contributed by atoms with Crippen LogP contribution in [0.1, 0.15) is 29.9 Å². The molecule has 2 rings (SSSR count). The van der Waals surface area contributed by atoms with Crippen molar-refractivity contribution in [2.45, 2.75) is 31.2 Å². The summed E-state index contributed by atoms with van der Waals surface area (Å²) in [4.78, 5) is 10.6. The molecule has 0 heterocycles. The third-order valence-corrected chi connectivity index (χ3v) is 3.61. The van der Waals surface area contributed by atoms with E-state index in [9.17, 15) is 4.79 Å². The summed E-state index contributed by atoms with van der Waals surface area (Å²) in [7, 11) is 3.63. The van der Waals surface area contributed by atoms with Crippen LogP contribution in [-0.2, 0) is 11.2 Å². The molecule has 0 bridgehead atoms. The molecule has 2 atom stereocenters. The minimum atomic E-state index is 0.274. The van der Waals surface area contributed by atoms with Crippen molar-refractivity contribution in [1.82, 2.24) is 5.32 Å². The highest BCUT2D eigenvalue weighted by Crippen LogP contribution is 2.44.